The minimum absolute atomic E-state index is 0.255. The van der Waals surface area contributed by atoms with Gasteiger partial charge in [0.15, 0.2) is 11.5 Å². The molecule has 1 aliphatic heterocycles. The Morgan fingerprint density at radius 1 is 1.37 bits per heavy atom. The second-order valence-corrected chi connectivity index (χ2v) is 7.40. The van der Waals surface area contributed by atoms with Crippen molar-refractivity contribution in [3.05, 3.63) is 11.6 Å². The minimum Gasteiger partial charge on any atom is -0.354 e. The molecule has 5 nitrogen and oxygen atoms in total. The van der Waals surface area contributed by atoms with E-state index in [9.17, 15) is 0 Å². The summed E-state index contributed by atoms with van der Waals surface area (Å²) in [6, 6.07) is 0. The first kappa shape index (κ1) is 13.0. The molecule has 3 heterocycles. The molecule has 1 saturated heterocycles. The summed E-state index contributed by atoms with van der Waals surface area (Å²) < 4.78 is 0.318. The van der Waals surface area contributed by atoms with Crippen molar-refractivity contribution < 1.29 is 0 Å². The van der Waals surface area contributed by atoms with Gasteiger partial charge < -0.3 is 9.88 Å². The van der Waals surface area contributed by atoms with Gasteiger partial charge in [-0.1, -0.05) is 13.8 Å². The van der Waals surface area contributed by atoms with Crippen molar-refractivity contribution in [2.75, 3.05) is 23.7 Å². The lowest BCUT2D eigenvalue weighted by molar-refractivity contribution is 0.635. The highest BCUT2D eigenvalue weighted by Crippen LogP contribution is 2.33. The van der Waals surface area contributed by atoms with E-state index in [4.69, 9.17) is 11.6 Å². The Hall–Kier alpha value is -1.01. The fraction of sp³-hybridized carbons (Fsp3) is 0.583. The first-order valence-electron chi connectivity index (χ1n) is 6.31. The second kappa shape index (κ2) is 4.83. The molecule has 0 saturated carbocycles. The van der Waals surface area contributed by atoms with Crippen molar-refractivity contribution in [2.45, 2.75) is 25.0 Å². The van der Waals surface area contributed by atoms with Gasteiger partial charge in [0.05, 0.1) is 6.33 Å². The normalized spacial score (nSPS) is 19.6. The third kappa shape index (κ3) is 2.65. The van der Waals surface area contributed by atoms with Crippen LogP contribution < -0.4 is 4.90 Å². The molecule has 19 heavy (non-hydrogen) atoms. The fourth-order valence-corrected chi connectivity index (χ4v) is 3.51. The maximum absolute atomic E-state index is 5.99. The second-order valence-electron chi connectivity index (χ2n) is 5.26. The molecule has 0 bridgehead atoms. The Balaban J connectivity index is 1.97. The van der Waals surface area contributed by atoms with E-state index in [1.54, 1.807) is 6.33 Å². The number of fused-ring (bicyclic) bond motifs is 1. The molecule has 0 unspecified atom stereocenters. The number of aromatic amines is 1. The Bertz CT molecular complexity index is 597. The highest BCUT2D eigenvalue weighted by molar-refractivity contribution is 8.00. The van der Waals surface area contributed by atoms with E-state index in [0.29, 0.717) is 10.4 Å². The van der Waals surface area contributed by atoms with E-state index in [1.807, 2.05) is 11.8 Å². The van der Waals surface area contributed by atoms with Gasteiger partial charge in [-0.05, 0) is 18.0 Å². The van der Waals surface area contributed by atoms with Gasteiger partial charge in [-0.2, -0.15) is 21.7 Å². The number of aromatic nitrogens is 4. The van der Waals surface area contributed by atoms with Crippen LogP contribution in [0.4, 0.5) is 5.82 Å². The topological polar surface area (TPSA) is 57.7 Å². The molecule has 1 N–H and O–H groups in total. The van der Waals surface area contributed by atoms with Crippen LogP contribution in [0.2, 0.25) is 5.28 Å². The molecule has 2 aromatic rings. The molecular formula is C12H16ClN5S. The number of rotatable bonds is 1. The van der Waals surface area contributed by atoms with Crippen molar-refractivity contribution in [1.82, 2.24) is 19.9 Å². The fourth-order valence-electron chi connectivity index (χ4n) is 2.25. The summed E-state index contributed by atoms with van der Waals surface area (Å²) in [4.78, 5) is 18.1. The molecule has 0 atom stereocenters. The summed E-state index contributed by atoms with van der Waals surface area (Å²) in [6.07, 6.45) is 2.75. The zero-order valence-electron chi connectivity index (χ0n) is 11.0. The Kier molecular flexibility index (Phi) is 3.30. The smallest absolute Gasteiger partial charge is 0.226 e. The Labute approximate surface area is 121 Å². The molecule has 0 amide bonds. The summed E-state index contributed by atoms with van der Waals surface area (Å²) in [6.45, 7) is 6.52. The van der Waals surface area contributed by atoms with Crippen LogP contribution in [-0.2, 0) is 0 Å². The van der Waals surface area contributed by atoms with Gasteiger partial charge in [0.25, 0.3) is 0 Å². The van der Waals surface area contributed by atoms with E-state index in [-0.39, 0.29) is 5.28 Å². The number of nitrogens with zero attached hydrogens (tertiary/aromatic N) is 4. The van der Waals surface area contributed by atoms with Crippen LogP contribution in [0.15, 0.2) is 6.33 Å². The van der Waals surface area contributed by atoms with E-state index in [2.05, 4.69) is 38.7 Å². The average molecular weight is 298 g/mol. The van der Waals surface area contributed by atoms with E-state index in [1.165, 1.54) is 0 Å². The molecule has 2 aromatic heterocycles. The summed E-state index contributed by atoms with van der Waals surface area (Å²) in [5, 5.41) is 0.255. The third-order valence-corrected chi connectivity index (χ3v) is 4.92. The Morgan fingerprint density at radius 2 is 2.21 bits per heavy atom. The molecule has 102 valence electrons. The van der Waals surface area contributed by atoms with E-state index in [0.717, 1.165) is 36.6 Å². The van der Waals surface area contributed by atoms with Crippen LogP contribution in [-0.4, -0.2) is 43.5 Å². The van der Waals surface area contributed by atoms with Crippen LogP contribution >= 0.6 is 23.4 Å². The van der Waals surface area contributed by atoms with E-state index < -0.39 is 0 Å². The zero-order chi connectivity index (χ0) is 13.5. The first-order valence-corrected chi connectivity index (χ1v) is 7.67. The predicted molar refractivity (Wildman–Crippen MR) is 80.1 cm³/mol. The van der Waals surface area contributed by atoms with E-state index >= 15 is 0 Å². The lowest BCUT2D eigenvalue weighted by Crippen LogP contribution is -2.28. The highest BCUT2D eigenvalue weighted by Gasteiger charge is 2.25. The summed E-state index contributed by atoms with van der Waals surface area (Å²) in [5.41, 5.74) is 1.50. The molecular weight excluding hydrogens is 282 g/mol. The minimum atomic E-state index is 0.255. The van der Waals surface area contributed by atoms with Gasteiger partial charge in [0.2, 0.25) is 5.28 Å². The molecule has 3 rings (SSSR count). The molecule has 0 aliphatic carbocycles. The lowest BCUT2D eigenvalue weighted by Gasteiger charge is -2.23. The van der Waals surface area contributed by atoms with Crippen molar-refractivity contribution in [2.24, 2.45) is 0 Å². The number of halogens is 1. The van der Waals surface area contributed by atoms with Crippen molar-refractivity contribution in [3.63, 3.8) is 0 Å². The van der Waals surface area contributed by atoms with Crippen LogP contribution in [0.5, 0.6) is 0 Å². The van der Waals surface area contributed by atoms with Crippen LogP contribution in [0.25, 0.3) is 11.2 Å². The molecule has 1 fully saturated rings. The molecule has 7 heteroatoms. The van der Waals surface area contributed by atoms with Crippen LogP contribution in [0.3, 0.4) is 0 Å². The number of anilines is 1. The number of thioether (sulfide) groups is 1. The molecule has 0 aromatic carbocycles. The van der Waals surface area contributed by atoms with Gasteiger partial charge in [0, 0.05) is 23.6 Å². The summed E-state index contributed by atoms with van der Waals surface area (Å²) in [5.74, 6) is 1.95. The quantitative estimate of drug-likeness (QED) is 0.820. The third-order valence-electron chi connectivity index (χ3n) is 3.38. The maximum Gasteiger partial charge on any atom is 0.226 e. The largest absolute Gasteiger partial charge is 0.354 e. The predicted octanol–water partition coefficient (Wildman–Crippen LogP) is 2.73. The molecule has 1 aliphatic rings. The molecule has 0 radical (unpaired) electrons. The van der Waals surface area contributed by atoms with Gasteiger partial charge in [0.1, 0.15) is 5.52 Å². The number of nitrogens with one attached hydrogen (secondary N) is 1. The number of hydrogen-bond donors (Lipinski definition) is 1. The number of H-pyrrole nitrogens is 1. The van der Waals surface area contributed by atoms with Crippen LogP contribution in [0, 0.1) is 0 Å². The van der Waals surface area contributed by atoms with Crippen LogP contribution in [0.1, 0.15) is 20.3 Å². The average Bonchev–Trinajstić information content (AvgIpc) is 2.72. The number of imidazole rings is 1. The summed E-state index contributed by atoms with van der Waals surface area (Å²) >= 11 is 8.00. The monoisotopic (exact) mass is 297 g/mol. The molecule has 0 spiro atoms. The standard InChI is InChI=1S/C12H16ClN5S/c1-12(2)3-4-18(5-6-19-12)10-8-9(15-7-14-8)16-11(13)17-10/h7H,3-6H2,1-2H3,(H,14,15,16,17). The van der Waals surface area contributed by atoms with Gasteiger partial charge >= 0.3 is 0 Å². The Morgan fingerprint density at radius 3 is 3.05 bits per heavy atom. The van der Waals surface area contributed by atoms with Gasteiger partial charge in [-0.3, -0.25) is 0 Å². The van der Waals surface area contributed by atoms with Crippen molar-refractivity contribution >= 4 is 40.3 Å². The zero-order valence-corrected chi connectivity index (χ0v) is 12.6. The number of hydrogen-bond acceptors (Lipinski definition) is 5. The lowest BCUT2D eigenvalue weighted by atomic mass is 10.1. The van der Waals surface area contributed by atoms with Crippen molar-refractivity contribution in [3.8, 4) is 0 Å². The van der Waals surface area contributed by atoms with Gasteiger partial charge in [-0.25, -0.2) is 4.98 Å². The maximum atomic E-state index is 5.99. The first-order chi connectivity index (χ1) is 9.05. The SMILES string of the molecule is CC1(C)CCN(c2nc(Cl)nc3nc[nH]c23)CCS1. The van der Waals surface area contributed by atoms with Crippen molar-refractivity contribution in [1.29, 1.82) is 0 Å². The highest BCUT2D eigenvalue weighted by atomic mass is 35.5. The summed E-state index contributed by atoms with van der Waals surface area (Å²) in [7, 11) is 0. The van der Waals surface area contributed by atoms with Gasteiger partial charge in [-0.15, -0.1) is 0 Å².